The summed E-state index contributed by atoms with van der Waals surface area (Å²) in [5.74, 6) is 0.469. The standard InChI is InChI=1S/C14H14N2O2/c1-10-5-3-8-13(15-10)14(17)16-11-6-4-7-12(9-11)18-2/h3-9H,1-2H3,(H,16,17). The van der Waals surface area contributed by atoms with E-state index in [1.54, 1.807) is 25.3 Å². The zero-order chi connectivity index (χ0) is 13.0. The van der Waals surface area contributed by atoms with Crippen molar-refractivity contribution >= 4 is 11.6 Å². The smallest absolute Gasteiger partial charge is 0.274 e. The average Bonchev–Trinajstić information content (AvgIpc) is 2.39. The third-order valence-corrected chi connectivity index (χ3v) is 2.45. The van der Waals surface area contributed by atoms with Gasteiger partial charge in [-0.15, -0.1) is 0 Å². The van der Waals surface area contributed by atoms with E-state index >= 15 is 0 Å². The van der Waals surface area contributed by atoms with Gasteiger partial charge in [0.05, 0.1) is 7.11 Å². The van der Waals surface area contributed by atoms with Crippen LogP contribution in [0, 0.1) is 6.92 Å². The summed E-state index contributed by atoms with van der Waals surface area (Å²) in [4.78, 5) is 16.1. The Morgan fingerprint density at radius 1 is 1.22 bits per heavy atom. The van der Waals surface area contributed by atoms with Gasteiger partial charge in [-0.25, -0.2) is 4.98 Å². The molecule has 0 unspecified atom stereocenters. The predicted molar refractivity (Wildman–Crippen MR) is 69.9 cm³/mol. The minimum atomic E-state index is -0.230. The third kappa shape index (κ3) is 2.85. The number of anilines is 1. The Labute approximate surface area is 106 Å². The van der Waals surface area contributed by atoms with E-state index in [0.29, 0.717) is 17.1 Å². The molecule has 2 aromatic rings. The number of benzene rings is 1. The van der Waals surface area contributed by atoms with Gasteiger partial charge in [0.25, 0.3) is 5.91 Å². The Balaban J connectivity index is 2.16. The first kappa shape index (κ1) is 12.1. The van der Waals surface area contributed by atoms with E-state index in [9.17, 15) is 4.79 Å². The van der Waals surface area contributed by atoms with Crippen LogP contribution in [0.15, 0.2) is 42.5 Å². The number of methoxy groups -OCH3 is 1. The Morgan fingerprint density at radius 2 is 2.00 bits per heavy atom. The van der Waals surface area contributed by atoms with Crippen molar-refractivity contribution in [3.05, 3.63) is 53.9 Å². The van der Waals surface area contributed by atoms with Gasteiger partial charge in [-0.05, 0) is 31.2 Å². The minimum Gasteiger partial charge on any atom is -0.497 e. The zero-order valence-corrected chi connectivity index (χ0v) is 10.3. The number of pyridine rings is 1. The van der Waals surface area contributed by atoms with Gasteiger partial charge in [-0.1, -0.05) is 12.1 Å². The average molecular weight is 242 g/mol. The summed E-state index contributed by atoms with van der Waals surface area (Å²) in [6, 6.07) is 12.5. The fraction of sp³-hybridized carbons (Fsp3) is 0.143. The van der Waals surface area contributed by atoms with Gasteiger partial charge in [0.2, 0.25) is 0 Å². The Hall–Kier alpha value is -2.36. The SMILES string of the molecule is COc1cccc(NC(=O)c2cccc(C)n2)c1. The summed E-state index contributed by atoms with van der Waals surface area (Å²) >= 11 is 0. The normalized spacial score (nSPS) is 9.89. The van der Waals surface area contributed by atoms with Crippen LogP contribution in [0.2, 0.25) is 0 Å². The van der Waals surface area contributed by atoms with E-state index < -0.39 is 0 Å². The Morgan fingerprint density at radius 3 is 2.72 bits per heavy atom. The van der Waals surface area contributed by atoms with Crippen molar-refractivity contribution in [2.24, 2.45) is 0 Å². The highest BCUT2D eigenvalue weighted by Crippen LogP contribution is 2.17. The van der Waals surface area contributed by atoms with Crippen molar-refractivity contribution in [1.29, 1.82) is 0 Å². The lowest BCUT2D eigenvalue weighted by Crippen LogP contribution is -2.13. The van der Waals surface area contributed by atoms with E-state index in [4.69, 9.17) is 4.74 Å². The molecule has 0 aliphatic rings. The molecule has 1 aromatic carbocycles. The maximum atomic E-state index is 12.0. The molecule has 1 amide bonds. The van der Waals surface area contributed by atoms with Crippen molar-refractivity contribution in [2.75, 3.05) is 12.4 Å². The third-order valence-electron chi connectivity index (χ3n) is 2.45. The molecule has 0 radical (unpaired) electrons. The summed E-state index contributed by atoms with van der Waals surface area (Å²) in [5.41, 5.74) is 1.90. The van der Waals surface area contributed by atoms with E-state index in [0.717, 1.165) is 5.69 Å². The van der Waals surface area contributed by atoms with E-state index in [1.807, 2.05) is 31.2 Å². The molecule has 18 heavy (non-hydrogen) atoms. The van der Waals surface area contributed by atoms with Gasteiger partial charge >= 0.3 is 0 Å². The number of nitrogens with one attached hydrogen (secondary N) is 1. The molecule has 4 nitrogen and oxygen atoms in total. The van der Waals surface area contributed by atoms with Crippen molar-refractivity contribution in [3.63, 3.8) is 0 Å². The molecule has 1 heterocycles. The number of aromatic nitrogens is 1. The molecule has 92 valence electrons. The van der Waals surface area contributed by atoms with Crippen LogP contribution in [0.5, 0.6) is 5.75 Å². The largest absolute Gasteiger partial charge is 0.497 e. The molecule has 0 aliphatic heterocycles. The van der Waals surface area contributed by atoms with Crippen molar-refractivity contribution in [2.45, 2.75) is 6.92 Å². The Kier molecular flexibility index (Phi) is 3.57. The first-order valence-electron chi connectivity index (χ1n) is 5.58. The fourth-order valence-corrected chi connectivity index (χ4v) is 1.57. The van der Waals surface area contributed by atoms with Crippen molar-refractivity contribution in [3.8, 4) is 5.75 Å². The van der Waals surface area contributed by atoms with Crippen LogP contribution >= 0.6 is 0 Å². The van der Waals surface area contributed by atoms with Crippen molar-refractivity contribution < 1.29 is 9.53 Å². The zero-order valence-electron chi connectivity index (χ0n) is 10.3. The van der Waals surface area contributed by atoms with Crippen LogP contribution in [-0.4, -0.2) is 18.0 Å². The first-order chi connectivity index (χ1) is 8.69. The van der Waals surface area contributed by atoms with Gasteiger partial charge in [0.15, 0.2) is 0 Å². The molecule has 0 fully saturated rings. The topological polar surface area (TPSA) is 51.2 Å². The highest BCUT2D eigenvalue weighted by Gasteiger charge is 2.07. The number of aryl methyl sites for hydroxylation is 1. The number of hydrogen-bond donors (Lipinski definition) is 1. The van der Waals surface area contributed by atoms with Crippen LogP contribution in [0.25, 0.3) is 0 Å². The second kappa shape index (κ2) is 5.31. The summed E-state index contributed by atoms with van der Waals surface area (Å²) in [5, 5.41) is 2.78. The van der Waals surface area contributed by atoms with Gasteiger partial charge < -0.3 is 10.1 Å². The lowest BCUT2D eigenvalue weighted by molar-refractivity contribution is 0.102. The molecule has 0 saturated heterocycles. The summed E-state index contributed by atoms with van der Waals surface area (Å²) < 4.78 is 5.09. The molecule has 0 bridgehead atoms. The lowest BCUT2D eigenvalue weighted by Gasteiger charge is -2.06. The maximum Gasteiger partial charge on any atom is 0.274 e. The second-order valence-electron chi connectivity index (χ2n) is 3.85. The predicted octanol–water partition coefficient (Wildman–Crippen LogP) is 2.65. The van der Waals surface area contributed by atoms with Crippen LogP contribution in [0.4, 0.5) is 5.69 Å². The van der Waals surface area contributed by atoms with Gasteiger partial charge in [-0.3, -0.25) is 4.79 Å². The number of nitrogens with zero attached hydrogens (tertiary/aromatic N) is 1. The van der Waals surface area contributed by atoms with Crippen LogP contribution in [0.1, 0.15) is 16.2 Å². The van der Waals surface area contributed by atoms with Crippen molar-refractivity contribution in [1.82, 2.24) is 4.98 Å². The van der Waals surface area contributed by atoms with Crippen LogP contribution in [0.3, 0.4) is 0 Å². The molecule has 0 spiro atoms. The van der Waals surface area contributed by atoms with E-state index in [2.05, 4.69) is 10.3 Å². The van der Waals surface area contributed by atoms with Gasteiger partial charge in [0, 0.05) is 17.4 Å². The maximum absolute atomic E-state index is 12.0. The molecule has 1 aromatic heterocycles. The fourth-order valence-electron chi connectivity index (χ4n) is 1.57. The van der Waals surface area contributed by atoms with E-state index in [1.165, 1.54) is 0 Å². The number of rotatable bonds is 3. The molecule has 1 N–H and O–H groups in total. The minimum absolute atomic E-state index is 0.230. The summed E-state index contributed by atoms with van der Waals surface area (Å²) in [6.45, 7) is 1.85. The molecular weight excluding hydrogens is 228 g/mol. The number of amides is 1. The molecule has 0 aliphatic carbocycles. The highest BCUT2D eigenvalue weighted by molar-refractivity contribution is 6.02. The number of hydrogen-bond acceptors (Lipinski definition) is 3. The molecule has 4 heteroatoms. The summed E-state index contributed by atoms with van der Waals surface area (Å²) in [6.07, 6.45) is 0. The number of carbonyl (C=O) groups excluding carboxylic acids is 1. The molecule has 2 rings (SSSR count). The van der Waals surface area contributed by atoms with Crippen LogP contribution < -0.4 is 10.1 Å². The molecule has 0 atom stereocenters. The number of carbonyl (C=O) groups is 1. The van der Waals surface area contributed by atoms with Gasteiger partial charge in [0.1, 0.15) is 11.4 Å². The number of ether oxygens (including phenoxy) is 1. The molecule has 0 saturated carbocycles. The quantitative estimate of drug-likeness (QED) is 0.900. The van der Waals surface area contributed by atoms with Crippen LogP contribution in [-0.2, 0) is 0 Å². The first-order valence-corrected chi connectivity index (χ1v) is 5.58. The lowest BCUT2D eigenvalue weighted by atomic mass is 10.2. The molecular formula is C14H14N2O2. The summed E-state index contributed by atoms with van der Waals surface area (Å²) in [7, 11) is 1.59. The monoisotopic (exact) mass is 242 g/mol. The Bertz CT molecular complexity index is 567. The van der Waals surface area contributed by atoms with E-state index in [-0.39, 0.29) is 5.91 Å². The van der Waals surface area contributed by atoms with Gasteiger partial charge in [-0.2, -0.15) is 0 Å². The second-order valence-corrected chi connectivity index (χ2v) is 3.85. The highest BCUT2D eigenvalue weighted by atomic mass is 16.5.